The number of nitrogens with zero attached hydrogens (tertiary/aromatic N) is 3. The standard InChI is InChI=1S/C60H47N3/c1-59(2)53-21-13-14-22-55(53)61-38-35-45-40-52-51-39-44(27-32-54(51)63(47-19-11-6-12-20-47)58(52)56(59)57(45)61)43-25-30-49(31-26-43)62(48-28-23-42(24-29-48)41-15-7-4-8-16-41)50-33-36-60(3,37-34-50)46-17-9-5-10-18-46/h4-36,38-40H,37H2,1-3H3. The molecule has 0 fully saturated rings. The van der Waals surface area contributed by atoms with Crippen LogP contribution in [0.1, 0.15) is 43.9 Å². The largest absolute Gasteiger partial charge is 0.316 e. The lowest BCUT2D eigenvalue weighted by Gasteiger charge is -2.35. The second kappa shape index (κ2) is 14.2. The molecule has 0 spiro atoms. The van der Waals surface area contributed by atoms with Gasteiger partial charge in [-0.15, -0.1) is 0 Å². The van der Waals surface area contributed by atoms with E-state index >= 15 is 0 Å². The van der Waals surface area contributed by atoms with Gasteiger partial charge in [0.1, 0.15) is 0 Å². The number of rotatable bonds is 7. The molecule has 1 aliphatic heterocycles. The Morgan fingerprint density at radius 2 is 1.13 bits per heavy atom. The zero-order valence-electron chi connectivity index (χ0n) is 35.8. The van der Waals surface area contributed by atoms with Crippen molar-refractivity contribution in [2.45, 2.75) is 38.0 Å². The Morgan fingerprint density at radius 3 is 1.81 bits per heavy atom. The number of hydrogen-bond acceptors (Lipinski definition) is 1. The van der Waals surface area contributed by atoms with E-state index in [4.69, 9.17) is 0 Å². The number of hydrogen-bond donors (Lipinski definition) is 0. The summed E-state index contributed by atoms with van der Waals surface area (Å²) in [6, 6.07) is 71.2. The van der Waals surface area contributed by atoms with Gasteiger partial charge in [0, 0.05) is 67.2 Å². The average Bonchev–Trinajstić information content (AvgIpc) is 3.91. The Bertz CT molecular complexity index is 3420. The summed E-state index contributed by atoms with van der Waals surface area (Å²) >= 11 is 0. The van der Waals surface area contributed by atoms with Gasteiger partial charge in [0.2, 0.25) is 0 Å². The molecule has 1 unspecified atom stereocenters. The second-order valence-corrected chi connectivity index (χ2v) is 18.1. The fourth-order valence-electron chi connectivity index (χ4n) is 10.6. The quantitative estimate of drug-likeness (QED) is 0.156. The van der Waals surface area contributed by atoms with E-state index < -0.39 is 0 Å². The van der Waals surface area contributed by atoms with E-state index in [0.717, 1.165) is 17.8 Å². The van der Waals surface area contributed by atoms with Gasteiger partial charge < -0.3 is 14.0 Å². The summed E-state index contributed by atoms with van der Waals surface area (Å²) in [6.45, 7) is 7.14. The van der Waals surface area contributed by atoms with Crippen LogP contribution in [0.2, 0.25) is 0 Å². The average molecular weight is 810 g/mol. The van der Waals surface area contributed by atoms with E-state index in [1.165, 1.54) is 88.7 Å². The first-order chi connectivity index (χ1) is 30.9. The molecule has 3 heteroatoms. The van der Waals surface area contributed by atoms with Crippen LogP contribution in [0.15, 0.2) is 224 Å². The van der Waals surface area contributed by atoms with E-state index in [0.29, 0.717) is 0 Å². The van der Waals surface area contributed by atoms with Crippen molar-refractivity contribution in [3.05, 3.63) is 241 Å². The third-order valence-electron chi connectivity index (χ3n) is 13.9. The third-order valence-corrected chi connectivity index (χ3v) is 13.9. The molecule has 0 radical (unpaired) electrons. The lowest BCUT2D eigenvalue weighted by molar-refractivity contribution is 0.595. The Balaban J connectivity index is 0.978. The molecule has 2 aromatic heterocycles. The van der Waals surface area contributed by atoms with Crippen molar-refractivity contribution in [3.63, 3.8) is 0 Å². The highest BCUT2D eigenvalue weighted by atomic mass is 15.1. The van der Waals surface area contributed by atoms with Crippen molar-refractivity contribution in [2.75, 3.05) is 4.90 Å². The maximum Gasteiger partial charge on any atom is 0.0603 e. The van der Waals surface area contributed by atoms with Crippen molar-refractivity contribution in [1.82, 2.24) is 9.13 Å². The molecule has 63 heavy (non-hydrogen) atoms. The molecule has 3 nitrogen and oxygen atoms in total. The molecule has 0 amide bonds. The summed E-state index contributed by atoms with van der Waals surface area (Å²) in [7, 11) is 0. The van der Waals surface area contributed by atoms with Crippen LogP contribution >= 0.6 is 0 Å². The highest BCUT2D eigenvalue weighted by Gasteiger charge is 2.37. The van der Waals surface area contributed by atoms with Gasteiger partial charge in [-0.05, 0) is 113 Å². The number of aromatic nitrogens is 2. The molecule has 1 atom stereocenters. The first-order valence-corrected chi connectivity index (χ1v) is 22.1. The van der Waals surface area contributed by atoms with Crippen molar-refractivity contribution in [1.29, 1.82) is 0 Å². The molecule has 0 bridgehead atoms. The molecule has 8 aromatic carbocycles. The van der Waals surface area contributed by atoms with Crippen LogP contribution in [0.5, 0.6) is 0 Å². The third kappa shape index (κ3) is 5.87. The number of fused-ring (bicyclic) bond motifs is 6. The van der Waals surface area contributed by atoms with Crippen LogP contribution in [0.25, 0.3) is 66.3 Å². The lowest BCUT2D eigenvalue weighted by Crippen LogP contribution is -2.27. The molecule has 1 aliphatic carbocycles. The summed E-state index contributed by atoms with van der Waals surface area (Å²) in [5.41, 5.74) is 18.2. The molecule has 2 aliphatic rings. The highest BCUT2D eigenvalue weighted by molar-refractivity contribution is 6.17. The van der Waals surface area contributed by atoms with Gasteiger partial charge >= 0.3 is 0 Å². The Hall–Kier alpha value is -7.62. The molecular weight excluding hydrogens is 763 g/mol. The monoisotopic (exact) mass is 809 g/mol. The molecule has 302 valence electrons. The first-order valence-electron chi connectivity index (χ1n) is 22.1. The van der Waals surface area contributed by atoms with Gasteiger partial charge in [-0.2, -0.15) is 0 Å². The van der Waals surface area contributed by atoms with Crippen LogP contribution in [0.3, 0.4) is 0 Å². The maximum absolute atomic E-state index is 2.51. The molecule has 12 rings (SSSR count). The van der Waals surface area contributed by atoms with Crippen LogP contribution in [0.4, 0.5) is 11.4 Å². The van der Waals surface area contributed by atoms with Gasteiger partial charge in [0.15, 0.2) is 0 Å². The normalized spacial score (nSPS) is 16.3. The van der Waals surface area contributed by atoms with Gasteiger partial charge in [-0.3, -0.25) is 0 Å². The van der Waals surface area contributed by atoms with Crippen LogP contribution in [0, 0.1) is 0 Å². The van der Waals surface area contributed by atoms with E-state index in [9.17, 15) is 0 Å². The Labute approximate surface area is 369 Å². The van der Waals surface area contributed by atoms with E-state index in [2.05, 4.69) is 253 Å². The van der Waals surface area contributed by atoms with Crippen molar-refractivity contribution < 1.29 is 0 Å². The first kappa shape index (κ1) is 37.2. The number of allylic oxidation sites excluding steroid dienone is 3. The summed E-state index contributed by atoms with van der Waals surface area (Å²) in [6.07, 6.45) is 10.3. The van der Waals surface area contributed by atoms with Crippen LogP contribution < -0.4 is 4.90 Å². The minimum Gasteiger partial charge on any atom is -0.316 e. The summed E-state index contributed by atoms with van der Waals surface area (Å²) < 4.78 is 4.92. The molecule has 0 saturated heterocycles. The minimum absolute atomic E-state index is 0.0621. The maximum atomic E-state index is 2.51. The van der Waals surface area contributed by atoms with E-state index in [1.54, 1.807) is 0 Å². The lowest BCUT2D eigenvalue weighted by atomic mass is 9.74. The fraction of sp³-hybridized carbons (Fsp3) is 0.100. The highest BCUT2D eigenvalue weighted by Crippen LogP contribution is 2.50. The molecule has 0 saturated carbocycles. The topological polar surface area (TPSA) is 13.1 Å². The summed E-state index contributed by atoms with van der Waals surface area (Å²) in [5.74, 6) is 0. The predicted molar refractivity (Wildman–Crippen MR) is 265 cm³/mol. The zero-order chi connectivity index (χ0) is 42.3. The molecule has 0 N–H and O–H groups in total. The number of para-hydroxylation sites is 2. The van der Waals surface area contributed by atoms with E-state index in [-0.39, 0.29) is 10.8 Å². The SMILES string of the molecule is CC1(c2ccccc2)C=CC(N(c2ccc(-c3ccccc3)cc2)c2ccc(-c3ccc4c(c3)c3cc5ccn6c5c(c3n4-c3ccccc3)C(C)(C)c3ccccc3-6)cc2)=CC1. The van der Waals surface area contributed by atoms with Crippen LogP contribution in [-0.2, 0) is 10.8 Å². The molecule has 3 heterocycles. The Kier molecular flexibility index (Phi) is 8.39. The van der Waals surface area contributed by atoms with Gasteiger partial charge in [0.05, 0.1) is 16.6 Å². The Morgan fingerprint density at radius 1 is 0.524 bits per heavy atom. The number of anilines is 2. The van der Waals surface area contributed by atoms with Crippen molar-refractivity contribution in [3.8, 4) is 33.6 Å². The molecule has 10 aromatic rings. The van der Waals surface area contributed by atoms with Crippen molar-refractivity contribution >= 4 is 44.1 Å². The predicted octanol–water partition coefficient (Wildman–Crippen LogP) is 15.6. The van der Waals surface area contributed by atoms with Crippen molar-refractivity contribution in [2.24, 2.45) is 0 Å². The fourth-order valence-corrected chi connectivity index (χ4v) is 10.6. The smallest absolute Gasteiger partial charge is 0.0603 e. The van der Waals surface area contributed by atoms with Crippen LogP contribution in [-0.4, -0.2) is 9.13 Å². The second-order valence-electron chi connectivity index (χ2n) is 18.1. The van der Waals surface area contributed by atoms with Gasteiger partial charge in [-0.1, -0.05) is 160 Å². The van der Waals surface area contributed by atoms with E-state index in [1.807, 2.05) is 0 Å². The van der Waals surface area contributed by atoms with Gasteiger partial charge in [-0.25, -0.2) is 0 Å². The summed E-state index contributed by atoms with van der Waals surface area (Å²) in [5, 5.41) is 3.81. The zero-order valence-corrected chi connectivity index (χ0v) is 35.8. The minimum atomic E-state index is -0.223. The number of benzene rings is 8. The summed E-state index contributed by atoms with van der Waals surface area (Å²) in [4.78, 5) is 2.40. The molecular formula is C60H47N3. The van der Waals surface area contributed by atoms with Gasteiger partial charge in [0.25, 0.3) is 0 Å².